The molecule has 314 valence electrons. The van der Waals surface area contributed by atoms with Gasteiger partial charge < -0.3 is 49.6 Å². The molecule has 5 aliphatic rings. The molecule has 58 heavy (non-hydrogen) atoms. The summed E-state index contributed by atoms with van der Waals surface area (Å²) in [6.45, 7) is 10.2. The quantitative estimate of drug-likeness (QED) is 0.132. The zero-order valence-electron chi connectivity index (χ0n) is 34.5. The zero-order valence-corrected chi connectivity index (χ0v) is 34.5. The highest BCUT2D eigenvalue weighted by Gasteiger charge is 2.71. The summed E-state index contributed by atoms with van der Waals surface area (Å²) >= 11 is 0. The number of carbonyl (C=O) groups is 3. The Morgan fingerprint density at radius 1 is 1.12 bits per heavy atom. The maximum atomic E-state index is 14.2. The molecule has 3 aliphatic heterocycles. The van der Waals surface area contributed by atoms with E-state index in [1.54, 1.807) is 19.2 Å². The average molecular weight is 802 g/mol. The van der Waals surface area contributed by atoms with Crippen LogP contribution >= 0.6 is 0 Å². The number of pyridine rings is 1. The fourth-order valence-corrected chi connectivity index (χ4v) is 10.3. The summed E-state index contributed by atoms with van der Waals surface area (Å²) in [7, 11) is 3.86. The van der Waals surface area contributed by atoms with Crippen LogP contribution in [0.5, 0.6) is 0 Å². The lowest BCUT2D eigenvalue weighted by Gasteiger charge is -2.63. The van der Waals surface area contributed by atoms with E-state index in [4.69, 9.17) is 18.9 Å². The SMILES string of the molecule is CCOC(=O)C(=C1C=C(C(CC2C3(CO3)C(NC(C)C(=O)N3CCOCC3)CC3[C@]2(C)CC[C@@H](O)[C@@]3(C)CO)Nc2ccccn2)C(=O)O1)c1ccc(N(C)C)cc1. The van der Waals surface area contributed by atoms with Crippen molar-refractivity contribution in [2.45, 2.75) is 83.2 Å². The number of rotatable bonds is 13. The summed E-state index contributed by atoms with van der Waals surface area (Å²) in [4.78, 5) is 49.9. The maximum Gasteiger partial charge on any atom is 0.342 e. The lowest BCUT2D eigenvalue weighted by atomic mass is 9.43. The van der Waals surface area contributed by atoms with Crippen LogP contribution in [-0.2, 0) is 33.3 Å². The maximum absolute atomic E-state index is 14.2. The zero-order chi connectivity index (χ0) is 41.4. The van der Waals surface area contributed by atoms with E-state index >= 15 is 0 Å². The molecular weight excluding hydrogens is 743 g/mol. The van der Waals surface area contributed by atoms with Gasteiger partial charge in [-0.15, -0.1) is 0 Å². The van der Waals surface area contributed by atoms with E-state index in [1.165, 1.54) is 0 Å². The molecule has 14 heteroatoms. The third-order valence-electron chi connectivity index (χ3n) is 13.7. The molecule has 1 aromatic carbocycles. The number of carbonyl (C=O) groups excluding carboxylic acids is 3. The van der Waals surface area contributed by atoms with Gasteiger partial charge in [0.25, 0.3) is 0 Å². The van der Waals surface area contributed by atoms with Crippen molar-refractivity contribution in [2.75, 3.05) is 70.4 Å². The second-order valence-corrected chi connectivity index (χ2v) is 17.2. The fourth-order valence-electron chi connectivity index (χ4n) is 10.3. The Bertz CT molecular complexity index is 1890. The van der Waals surface area contributed by atoms with E-state index in [1.807, 2.05) is 80.2 Å². The first-order valence-corrected chi connectivity index (χ1v) is 20.6. The third kappa shape index (κ3) is 7.77. The predicted molar refractivity (Wildman–Crippen MR) is 217 cm³/mol. The van der Waals surface area contributed by atoms with Crippen LogP contribution in [0.4, 0.5) is 11.5 Å². The number of hydrogen-bond acceptors (Lipinski definition) is 13. The largest absolute Gasteiger partial charge is 0.462 e. The molecule has 1 amide bonds. The highest BCUT2D eigenvalue weighted by atomic mass is 16.6. The average Bonchev–Trinajstić information content (AvgIpc) is 3.93. The number of esters is 2. The molecule has 4 heterocycles. The van der Waals surface area contributed by atoms with Crippen molar-refractivity contribution in [1.29, 1.82) is 0 Å². The van der Waals surface area contributed by atoms with Crippen molar-refractivity contribution in [2.24, 2.45) is 22.7 Å². The van der Waals surface area contributed by atoms with Crippen LogP contribution in [0.2, 0.25) is 0 Å². The Hall–Kier alpha value is -4.34. The number of aromatic nitrogens is 1. The van der Waals surface area contributed by atoms with Crippen molar-refractivity contribution >= 4 is 34.9 Å². The highest BCUT2D eigenvalue weighted by molar-refractivity contribution is 6.19. The van der Waals surface area contributed by atoms with Gasteiger partial charge in [-0.25, -0.2) is 14.6 Å². The topological polar surface area (TPSA) is 175 Å². The molecular formula is C44H59N5O9. The molecule has 4 fully saturated rings. The van der Waals surface area contributed by atoms with Crippen molar-refractivity contribution in [3.63, 3.8) is 0 Å². The van der Waals surface area contributed by atoms with Gasteiger partial charge in [0.15, 0.2) is 0 Å². The van der Waals surface area contributed by atoms with Gasteiger partial charge in [0, 0.05) is 50.5 Å². The summed E-state index contributed by atoms with van der Waals surface area (Å²) in [6.07, 6.45) is 4.70. The Balaban J connectivity index is 1.30. The van der Waals surface area contributed by atoms with Crippen LogP contribution in [0, 0.1) is 22.7 Å². The molecule has 2 aromatic rings. The van der Waals surface area contributed by atoms with Crippen LogP contribution in [0.3, 0.4) is 0 Å². The summed E-state index contributed by atoms with van der Waals surface area (Å²) < 4.78 is 23.6. The minimum Gasteiger partial charge on any atom is -0.462 e. The summed E-state index contributed by atoms with van der Waals surface area (Å²) in [5.41, 5.74) is -0.0614. The number of benzene rings is 1. The van der Waals surface area contributed by atoms with E-state index in [2.05, 4.69) is 22.5 Å². The molecule has 9 atom stereocenters. The van der Waals surface area contributed by atoms with E-state index in [0.717, 1.165) is 5.69 Å². The van der Waals surface area contributed by atoms with Crippen molar-refractivity contribution in [3.05, 3.63) is 71.6 Å². The number of nitrogens with one attached hydrogen (secondary N) is 2. The van der Waals surface area contributed by atoms with Crippen LogP contribution in [0.1, 0.15) is 58.9 Å². The fraction of sp³-hybridized carbons (Fsp3) is 0.591. The van der Waals surface area contributed by atoms with Crippen LogP contribution in [-0.4, -0.2) is 128 Å². The Labute approximate surface area is 340 Å². The number of nitrogens with zero attached hydrogens (tertiary/aromatic N) is 3. The molecule has 0 radical (unpaired) electrons. The van der Waals surface area contributed by atoms with E-state index in [-0.39, 0.29) is 48.3 Å². The van der Waals surface area contributed by atoms with Gasteiger partial charge >= 0.3 is 11.9 Å². The molecule has 1 aromatic heterocycles. The first kappa shape index (κ1) is 41.8. The van der Waals surface area contributed by atoms with Crippen LogP contribution in [0.15, 0.2) is 66.1 Å². The second kappa shape index (κ2) is 16.7. The lowest BCUT2D eigenvalue weighted by Crippen LogP contribution is -2.68. The number of hydrogen-bond donors (Lipinski definition) is 4. The normalized spacial score (nSPS) is 32.4. The molecule has 7 rings (SSSR count). The first-order valence-electron chi connectivity index (χ1n) is 20.6. The minimum atomic E-state index is -0.832. The van der Waals surface area contributed by atoms with E-state index in [9.17, 15) is 24.6 Å². The van der Waals surface area contributed by atoms with Crippen molar-refractivity contribution < 1.29 is 43.5 Å². The lowest BCUT2D eigenvalue weighted by molar-refractivity contribution is -0.184. The van der Waals surface area contributed by atoms with Crippen LogP contribution < -0.4 is 15.5 Å². The van der Waals surface area contributed by atoms with Gasteiger partial charge in [0.05, 0.1) is 56.8 Å². The van der Waals surface area contributed by atoms with Gasteiger partial charge in [0.2, 0.25) is 5.91 Å². The number of morpholine rings is 1. The Kier molecular flexibility index (Phi) is 12.1. The molecule has 1 spiro atoms. The second-order valence-electron chi connectivity index (χ2n) is 17.2. The van der Waals surface area contributed by atoms with Gasteiger partial charge in [0.1, 0.15) is 22.8 Å². The van der Waals surface area contributed by atoms with E-state index < -0.39 is 46.6 Å². The van der Waals surface area contributed by atoms with Gasteiger partial charge in [-0.1, -0.05) is 32.0 Å². The number of aliphatic hydroxyl groups excluding tert-OH is 2. The minimum absolute atomic E-state index is 0.0146. The first-order chi connectivity index (χ1) is 27.8. The molecule has 2 aliphatic carbocycles. The number of cyclic esters (lactones) is 1. The number of fused-ring (bicyclic) bond motifs is 1. The molecule has 4 N–H and O–H groups in total. The number of epoxide rings is 1. The molecule has 2 saturated carbocycles. The summed E-state index contributed by atoms with van der Waals surface area (Å²) in [5.74, 6) is -0.986. The van der Waals surface area contributed by atoms with Gasteiger partial charge in [-0.3, -0.25) is 4.79 Å². The van der Waals surface area contributed by atoms with Crippen molar-refractivity contribution in [1.82, 2.24) is 15.2 Å². The number of ether oxygens (including phenoxy) is 4. The number of aliphatic hydroxyl groups is 2. The smallest absolute Gasteiger partial charge is 0.342 e. The molecule has 2 saturated heterocycles. The Morgan fingerprint density at radius 3 is 2.47 bits per heavy atom. The number of anilines is 2. The van der Waals surface area contributed by atoms with Gasteiger partial charge in [-0.2, -0.15) is 0 Å². The predicted octanol–water partition coefficient (Wildman–Crippen LogP) is 3.55. The number of allylic oxidation sites excluding steroid dienone is 1. The van der Waals surface area contributed by atoms with Crippen LogP contribution in [0.25, 0.3) is 5.57 Å². The summed E-state index contributed by atoms with van der Waals surface area (Å²) in [5, 5.41) is 29.7. The highest BCUT2D eigenvalue weighted by Crippen LogP contribution is 2.66. The number of amides is 1. The monoisotopic (exact) mass is 801 g/mol. The van der Waals surface area contributed by atoms with Crippen molar-refractivity contribution in [3.8, 4) is 0 Å². The molecule has 6 unspecified atom stereocenters. The van der Waals surface area contributed by atoms with Gasteiger partial charge in [-0.05, 0) is 92.7 Å². The summed E-state index contributed by atoms with van der Waals surface area (Å²) in [6, 6.07) is 11.4. The molecule has 0 bridgehead atoms. The molecule has 14 nitrogen and oxygen atoms in total. The standard InChI is InChI=1S/C44H59N5O9/c1-7-56-41(54)38(28-11-13-29(14-12-28)48(5)6)32-22-30(40(53)58-32)31(47-37-10-8-9-17-45-37)23-34-42(3)16-15-36(51)43(4,25-50)33(42)24-35(44(34)26-57-44)46-27(2)39(52)49-18-20-55-21-19-49/h8-14,17,22,27,31,33-36,46,50-51H,7,15-16,18-21,23-26H2,1-6H3,(H,45,47)/t27?,31?,33?,34?,35?,36-,42+,43+,44?/m1/s1. The third-order valence-corrected chi connectivity index (χ3v) is 13.7. The Morgan fingerprint density at radius 2 is 1.84 bits per heavy atom. The van der Waals surface area contributed by atoms with E-state index in [0.29, 0.717) is 75.5 Å².